The minimum absolute atomic E-state index is 0.131. The van der Waals surface area contributed by atoms with E-state index in [1.807, 2.05) is 4.72 Å². The highest BCUT2D eigenvalue weighted by Gasteiger charge is 2.32. The number of carboxylic acids is 1. The number of aliphatic carboxylic acids is 1. The Kier molecular flexibility index (Phi) is 4.66. The first-order chi connectivity index (χ1) is 9.47. The fraction of sp³-hybridized carbons (Fsp3) is 0.364. The second-order valence-electron chi connectivity index (χ2n) is 4.61. The Hall–Kier alpha value is -2.04. The molecular weight excluding hydrogens is 304 g/mol. The number of nitrogens with zero attached hydrogens (tertiary/aromatic N) is 1. The molecule has 0 aromatic heterocycles. The molecule has 21 heavy (non-hydrogen) atoms. The average Bonchev–Trinajstić information content (AvgIpc) is 2.36. The number of nitrogens with one attached hydrogen (secondary N) is 1. The summed E-state index contributed by atoms with van der Waals surface area (Å²) in [5.74, 6) is -1.58. The second kappa shape index (κ2) is 5.76. The molecule has 0 bridgehead atoms. The van der Waals surface area contributed by atoms with Crippen molar-refractivity contribution in [1.82, 2.24) is 4.72 Å². The molecule has 1 unspecified atom stereocenters. The van der Waals surface area contributed by atoms with Gasteiger partial charge in [0.15, 0.2) is 5.60 Å². The Labute approximate surface area is 120 Å². The Morgan fingerprint density at radius 2 is 2.05 bits per heavy atom. The highest BCUT2D eigenvalue weighted by Crippen LogP contribution is 2.21. The predicted octanol–water partition coefficient (Wildman–Crippen LogP) is 0.0171. The fourth-order valence-electron chi connectivity index (χ4n) is 1.44. The molecule has 116 valence electrons. The quantitative estimate of drug-likeness (QED) is 0.494. The lowest BCUT2D eigenvalue weighted by Gasteiger charge is -2.18. The fourth-order valence-corrected chi connectivity index (χ4v) is 2.79. The van der Waals surface area contributed by atoms with Crippen molar-refractivity contribution in [3.05, 3.63) is 33.9 Å². The molecule has 1 aromatic rings. The predicted molar refractivity (Wildman–Crippen MR) is 71.3 cm³/mol. The van der Waals surface area contributed by atoms with E-state index in [2.05, 4.69) is 0 Å². The summed E-state index contributed by atoms with van der Waals surface area (Å²) in [6, 6.07) is 3.16. The molecule has 9 nitrogen and oxygen atoms in total. The SMILES string of the molecule is Cc1cc([N+](=O)[O-])ccc1S(=O)(=O)NCC(C)(O)C(=O)O. The minimum Gasteiger partial charge on any atom is -0.479 e. The summed E-state index contributed by atoms with van der Waals surface area (Å²) in [6.07, 6.45) is 0. The van der Waals surface area contributed by atoms with Gasteiger partial charge in [0, 0.05) is 12.1 Å². The molecule has 1 atom stereocenters. The van der Waals surface area contributed by atoms with E-state index in [1.54, 1.807) is 0 Å². The summed E-state index contributed by atoms with van der Waals surface area (Å²) in [5.41, 5.74) is -2.39. The third kappa shape index (κ3) is 3.97. The maximum absolute atomic E-state index is 12.0. The van der Waals surface area contributed by atoms with Gasteiger partial charge in [0.1, 0.15) is 0 Å². The van der Waals surface area contributed by atoms with Crippen molar-refractivity contribution >= 4 is 21.7 Å². The molecule has 0 saturated heterocycles. The van der Waals surface area contributed by atoms with Crippen LogP contribution in [0, 0.1) is 17.0 Å². The van der Waals surface area contributed by atoms with Crippen molar-refractivity contribution in [2.24, 2.45) is 0 Å². The molecule has 0 fully saturated rings. The van der Waals surface area contributed by atoms with E-state index in [1.165, 1.54) is 6.92 Å². The van der Waals surface area contributed by atoms with Crippen molar-refractivity contribution in [3.63, 3.8) is 0 Å². The van der Waals surface area contributed by atoms with E-state index < -0.39 is 33.1 Å². The van der Waals surface area contributed by atoms with Gasteiger partial charge in [-0.1, -0.05) is 0 Å². The number of carbonyl (C=O) groups is 1. The Morgan fingerprint density at radius 1 is 1.48 bits per heavy atom. The third-order valence-electron chi connectivity index (χ3n) is 2.73. The van der Waals surface area contributed by atoms with Gasteiger partial charge >= 0.3 is 5.97 Å². The summed E-state index contributed by atoms with van der Waals surface area (Å²) in [5, 5.41) is 28.8. The lowest BCUT2D eigenvalue weighted by atomic mass is 10.1. The number of non-ortho nitro benzene ring substituents is 1. The topological polar surface area (TPSA) is 147 Å². The number of hydrogen-bond donors (Lipinski definition) is 3. The van der Waals surface area contributed by atoms with Gasteiger partial charge in [-0.3, -0.25) is 10.1 Å². The van der Waals surface area contributed by atoms with Crippen LogP contribution in [0.3, 0.4) is 0 Å². The zero-order valence-corrected chi connectivity index (χ0v) is 12.0. The zero-order valence-electron chi connectivity index (χ0n) is 11.2. The van der Waals surface area contributed by atoms with E-state index >= 15 is 0 Å². The molecule has 1 rings (SSSR count). The van der Waals surface area contributed by atoms with E-state index in [0.717, 1.165) is 25.1 Å². The molecule has 3 N–H and O–H groups in total. The average molecular weight is 318 g/mol. The second-order valence-corrected chi connectivity index (χ2v) is 6.35. The number of aryl methyl sites for hydroxylation is 1. The van der Waals surface area contributed by atoms with Gasteiger partial charge in [0.2, 0.25) is 10.0 Å². The van der Waals surface area contributed by atoms with E-state index in [4.69, 9.17) is 5.11 Å². The standard InChI is InChI=1S/C11H14N2O7S/c1-7-5-8(13(17)18)3-4-9(7)21(19,20)12-6-11(2,16)10(14)15/h3-5,12,16H,6H2,1-2H3,(H,14,15). The van der Waals surface area contributed by atoms with Crippen LogP contribution in [0.4, 0.5) is 5.69 Å². The zero-order chi connectivity index (χ0) is 16.4. The number of rotatable bonds is 6. The van der Waals surface area contributed by atoms with Gasteiger partial charge in [0.25, 0.3) is 5.69 Å². The van der Waals surface area contributed by atoms with Crippen LogP contribution in [0.2, 0.25) is 0 Å². The van der Waals surface area contributed by atoms with Crippen LogP contribution in [0.25, 0.3) is 0 Å². The Bertz CT molecular complexity index is 682. The molecule has 0 amide bonds. The van der Waals surface area contributed by atoms with Gasteiger partial charge in [-0.15, -0.1) is 0 Å². The molecule has 0 saturated carbocycles. The molecule has 0 aliphatic heterocycles. The monoisotopic (exact) mass is 318 g/mol. The van der Waals surface area contributed by atoms with Crippen LogP contribution in [0.15, 0.2) is 23.1 Å². The van der Waals surface area contributed by atoms with Gasteiger partial charge in [0.05, 0.1) is 16.4 Å². The highest BCUT2D eigenvalue weighted by molar-refractivity contribution is 7.89. The Morgan fingerprint density at radius 3 is 2.48 bits per heavy atom. The summed E-state index contributed by atoms with van der Waals surface area (Å²) in [7, 11) is -4.10. The smallest absolute Gasteiger partial charge is 0.336 e. The molecule has 1 aromatic carbocycles. The van der Waals surface area contributed by atoms with Crippen LogP contribution < -0.4 is 4.72 Å². The first-order valence-electron chi connectivity index (χ1n) is 5.68. The molecular formula is C11H14N2O7S. The first kappa shape index (κ1) is 17.0. The minimum atomic E-state index is -4.10. The number of nitro benzene ring substituents is 1. The normalized spacial score (nSPS) is 14.4. The summed E-state index contributed by atoms with van der Waals surface area (Å²) >= 11 is 0. The molecule has 0 aliphatic carbocycles. The lowest BCUT2D eigenvalue weighted by Crippen LogP contribution is -2.46. The molecule has 0 aliphatic rings. The molecule has 10 heteroatoms. The molecule has 0 heterocycles. The van der Waals surface area contributed by atoms with E-state index in [-0.39, 0.29) is 16.1 Å². The van der Waals surface area contributed by atoms with Gasteiger partial charge in [-0.05, 0) is 25.5 Å². The first-order valence-corrected chi connectivity index (χ1v) is 7.16. The number of nitro groups is 1. The molecule has 0 spiro atoms. The number of hydrogen-bond acceptors (Lipinski definition) is 6. The third-order valence-corrected chi connectivity index (χ3v) is 4.29. The summed E-state index contributed by atoms with van der Waals surface area (Å²) in [4.78, 5) is 20.4. The van der Waals surface area contributed by atoms with Crippen molar-refractivity contribution in [3.8, 4) is 0 Å². The highest BCUT2D eigenvalue weighted by atomic mass is 32.2. The number of sulfonamides is 1. The van der Waals surface area contributed by atoms with Crippen LogP contribution in [0.1, 0.15) is 12.5 Å². The van der Waals surface area contributed by atoms with Crippen LogP contribution in [-0.4, -0.2) is 41.7 Å². The van der Waals surface area contributed by atoms with Crippen molar-refractivity contribution in [2.45, 2.75) is 24.3 Å². The maximum Gasteiger partial charge on any atom is 0.336 e. The maximum atomic E-state index is 12.0. The van der Waals surface area contributed by atoms with Gasteiger partial charge in [-0.2, -0.15) is 0 Å². The van der Waals surface area contributed by atoms with Gasteiger partial charge < -0.3 is 10.2 Å². The van der Waals surface area contributed by atoms with Crippen molar-refractivity contribution in [1.29, 1.82) is 0 Å². The van der Waals surface area contributed by atoms with E-state index in [9.17, 15) is 28.4 Å². The number of carboxylic acid groups (broad SMARTS) is 1. The van der Waals surface area contributed by atoms with Crippen LogP contribution in [-0.2, 0) is 14.8 Å². The van der Waals surface area contributed by atoms with Gasteiger partial charge in [-0.25, -0.2) is 17.9 Å². The summed E-state index contributed by atoms with van der Waals surface area (Å²) in [6.45, 7) is 1.58. The van der Waals surface area contributed by atoms with Crippen LogP contribution >= 0.6 is 0 Å². The lowest BCUT2D eigenvalue weighted by molar-refractivity contribution is -0.385. The number of aliphatic hydroxyl groups is 1. The van der Waals surface area contributed by atoms with Crippen LogP contribution in [0.5, 0.6) is 0 Å². The largest absolute Gasteiger partial charge is 0.479 e. The van der Waals surface area contributed by atoms with Crippen molar-refractivity contribution < 1.29 is 28.3 Å². The Balaban J connectivity index is 3.04. The molecule has 0 radical (unpaired) electrons. The number of benzene rings is 1. The van der Waals surface area contributed by atoms with Crippen molar-refractivity contribution in [2.75, 3.05) is 6.54 Å². The van der Waals surface area contributed by atoms with E-state index in [0.29, 0.717) is 0 Å². The summed E-state index contributed by atoms with van der Waals surface area (Å²) < 4.78 is 26.0.